The number of anilines is 1. The highest BCUT2D eigenvalue weighted by atomic mass is 19.1. The molecule has 0 saturated heterocycles. The van der Waals surface area contributed by atoms with E-state index in [2.05, 4.69) is 5.32 Å². The minimum atomic E-state index is -0.500. The van der Waals surface area contributed by atoms with E-state index in [0.717, 1.165) is 5.69 Å². The van der Waals surface area contributed by atoms with Gasteiger partial charge >= 0.3 is 0 Å². The Labute approximate surface area is 122 Å². The zero-order valence-corrected chi connectivity index (χ0v) is 11.8. The van der Waals surface area contributed by atoms with Gasteiger partial charge in [0.1, 0.15) is 23.4 Å². The van der Waals surface area contributed by atoms with Gasteiger partial charge in [-0.25, -0.2) is 4.39 Å². The van der Waals surface area contributed by atoms with E-state index in [0.29, 0.717) is 17.1 Å². The Morgan fingerprint density at radius 1 is 1.19 bits per heavy atom. The molecule has 0 unspecified atom stereocenters. The van der Waals surface area contributed by atoms with E-state index in [-0.39, 0.29) is 12.1 Å². The molecule has 2 aromatic rings. The monoisotopic (exact) mass is 286 g/mol. The Bertz CT molecular complexity index is 680. The Morgan fingerprint density at radius 3 is 2.67 bits per heavy atom. The number of hydrogen-bond donors (Lipinski definition) is 1. The normalized spacial score (nSPS) is 9.81. The summed E-state index contributed by atoms with van der Waals surface area (Å²) in [6, 6.07) is 11.9. The summed E-state index contributed by atoms with van der Waals surface area (Å²) in [5.74, 6) is 0.779. The van der Waals surface area contributed by atoms with Crippen molar-refractivity contribution in [3.05, 3.63) is 53.3 Å². The highest BCUT2D eigenvalue weighted by molar-refractivity contribution is 5.59. The largest absolute Gasteiger partial charge is 0.497 e. The van der Waals surface area contributed by atoms with Crippen LogP contribution < -0.4 is 14.8 Å². The molecule has 0 saturated carbocycles. The van der Waals surface area contributed by atoms with Crippen LogP contribution in [0.15, 0.2) is 36.4 Å². The molecule has 0 heterocycles. The molecule has 2 aromatic carbocycles. The van der Waals surface area contributed by atoms with Crippen LogP contribution in [0, 0.1) is 17.1 Å². The topological polar surface area (TPSA) is 54.3 Å². The first-order chi connectivity index (χ1) is 10.2. The van der Waals surface area contributed by atoms with Gasteiger partial charge in [-0.2, -0.15) is 5.26 Å². The van der Waals surface area contributed by atoms with Crippen LogP contribution in [0.3, 0.4) is 0 Å². The van der Waals surface area contributed by atoms with E-state index in [1.165, 1.54) is 6.07 Å². The average molecular weight is 286 g/mol. The first kappa shape index (κ1) is 14.7. The number of nitrogens with one attached hydrogen (secondary N) is 1. The van der Waals surface area contributed by atoms with E-state index in [4.69, 9.17) is 14.7 Å². The van der Waals surface area contributed by atoms with Crippen molar-refractivity contribution in [1.82, 2.24) is 0 Å². The highest BCUT2D eigenvalue weighted by Gasteiger charge is 2.09. The molecule has 0 aromatic heterocycles. The Balaban J connectivity index is 2.19. The summed E-state index contributed by atoms with van der Waals surface area (Å²) in [5.41, 5.74) is 1.18. The molecule has 0 amide bonds. The second-order valence-electron chi connectivity index (χ2n) is 4.31. The molecule has 0 spiro atoms. The molecule has 2 rings (SSSR count). The number of nitrogens with zero attached hydrogens (tertiary/aromatic N) is 1. The Hall–Kier alpha value is -2.74. The van der Waals surface area contributed by atoms with Gasteiger partial charge in [-0.05, 0) is 18.2 Å². The second kappa shape index (κ2) is 6.62. The minimum absolute atomic E-state index is 0.0380. The summed E-state index contributed by atoms with van der Waals surface area (Å²) >= 11 is 0. The summed E-state index contributed by atoms with van der Waals surface area (Å²) in [6.45, 7) is 0.254. The van der Waals surface area contributed by atoms with E-state index < -0.39 is 5.82 Å². The van der Waals surface area contributed by atoms with E-state index >= 15 is 0 Å². The maximum absolute atomic E-state index is 14.0. The molecular formula is C16H15FN2O2. The van der Waals surface area contributed by atoms with Gasteiger partial charge in [0.2, 0.25) is 0 Å². The minimum Gasteiger partial charge on any atom is -0.497 e. The number of halogens is 1. The number of hydrogen-bond acceptors (Lipinski definition) is 4. The Kier molecular flexibility index (Phi) is 4.62. The predicted molar refractivity (Wildman–Crippen MR) is 78.0 cm³/mol. The summed E-state index contributed by atoms with van der Waals surface area (Å²) in [4.78, 5) is 0. The molecule has 0 atom stereocenters. The lowest BCUT2D eigenvalue weighted by Gasteiger charge is -2.13. The van der Waals surface area contributed by atoms with E-state index in [1.807, 2.05) is 6.07 Å². The SMILES string of the molecule is COc1ccc(NCc2cccc(C#N)c2F)c(OC)c1. The van der Waals surface area contributed by atoms with E-state index in [1.54, 1.807) is 44.6 Å². The number of ether oxygens (including phenoxy) is 2. The lowest BCUT2D eigenvalue weighted by Crippen LogP contribution is -2.04. The molecule has 1 N–H and O–H groups in total. The molecular weight excluding hydrogens is 271 g/mol. The highest BCUT2D eigenvalue weighted by Crippen LogP contribution is 2.29. The van der Waals surface area contributed by atoms with Crippen molar-refractivity contribution in [2.24, 2.45) is 0 Å². The van der Waals surface area contributed by atoms with Crippen LogP contribution in [-0.4, -0.2) is 14.2 Å². The number of nitriles is 1. The summed E-state index contributed by atoms with van der Waals surface area (Å²) in [6.07, 6.45) is 0. The zero-order valence-electron chi connectivity index (χ0n) is 11.8. The van der Waals surface area contributed by atoms with Crippen LogP contribution >= 0.6 is 0 Å². The first-order valence-corrected chi connectivity index (χ1v) is 6.33. The summed E-state index contributed by atoms with van der Waals surface area (Å²) < 4.78 is 24.3. The van der Waals surface area contributed by atoms with Crippen molar-refractivity contribution in [1.29, 1.82) is 5.26 Å². The van der Waals surface area contributed by atoms with Crippen molar-refractivity contribution >= 4 is 5.69 Å². The molecule has 108 valence electrons. The maximum Gasteiger partial charge on any atom is 0.145 e. The number of methoxy groups -OCH3 is 2. The number of benzene rings is 2. The molecule has 0 bridgehead atoms. The second-order valence-corrected chi connectivity index (χ2v) is 4.31. The fourth-order valence-corrected chi connectivity index (χ4v) is 1.94. The van der Waals surface area contributed by atoms with Crippen molar-refractivity contribution < 1.29 is 13.9 Å². The fourth-order valence-electron chi connectivity index (χ4n) is 1.94. The quantitative estimate of drug-likeness (QED) is 0.916. The van der Waals surface area contributed by atoms with Gasteiger partial charge in [0.05, 0.1) is 25.5 Å². The van der Waals surface area contributed by atoms with Crippen molar-refractivity contribution in [3.63, 3.8) is 0 Å². The Morgan fingerprint density at radius 2 is 2.00 bits per heavy atom. The van der Waals surface area contributed by atoms with Gasteiger partial charge in [-0.3, -0.25) is 0 Å². The first-order valence-electron chi connectivity index (χ1n) is 6.33. The molecule has 0 fully saturated rings. The van der Waals surface area contributed by atoms with Crippen LogP contribution in [0.2, 0.25) is 0 Å². The third-order valence-electron chi connectivity index (χ3n) is 3.08. The number of rotatable bonds is 5. The van der Waals surface area contributed by atoms with Gasteiger partial charge in [0.15, 0.2) is 0 Å². The molecule has 0 aliphatic rings. The van der Waals surface area contributed by atoms with Crippen LogP contribution in [-0.2, 0) is 6.54 Å². The molecule has 5 heteroatoms. The third kappa shape index (κ3) is 3.23. The predicted octanol–water partition coefficient (Wildman–Crippen LogP) is 3.33. The molecule has 0 radical (unpaired) electrons. The summed E-state index contributed by atoms with van der Waals surface area (Å²) in [7, 11) is 3.13. The third-order valence-corrected chi connectivity index (χ3v) is 3.08. The summed E-state index contributed by atoms with van der Waals surface area (Å²) in [5, 5.41) is 11.9. The van der Waals surface area contributed by atoms with Gasteiger partial charge in [-0.1, -0.05) is 12.1 Å². The zero-order chi connectivity index (χ0) is 15.2. The van der Waals surface area contributed by atoms with Gasteiger partial charge in [0.25, 0.3) is 0 Å². The maximum atomic E-state index is 14.0. The smallest absolute Gasteiger partial charge is 0.145 e. The standard InChI is InChI=1S/C16H15FN2O2/c1-20-13-6-7-14(15(8-13)21-2)19-10-12-5-3-4-11(9-18)16(12)17/h3-8,19H,10H2,1-2H3. The van der Waals surface area contributed by atoms with Crippen LogP contribution in [0.5, 0.6) is 11.5 Å². The lowest BCUT2D eigenvalue weighted by molar-refractivity contribution is 0.395. The van der Waals surface area contributed by atoms with Gasteiger partial charge in [0, 0.05) is 18.2 Å². The van der Waals surface area contributed by atoms with Crippen LogP contribution in [0.1, 0.15) is 11.1 Å². The molecule has 21 heavy (non-hydrogen) atoms. The van der Waals surface area contributed by atoms with E-state index in [9.17, 15) is 4.39 Å². The van der Waals surface area contributed by atoms with Crippen molar-refractivity contribution in [3.8, 4) is 17.6 Å². The van der Waals surface area contributed by atoms with Gasteiger partial charge in [-0.15, -0.1) is 0 Å². The van der Waals surface area contributed by atoms with Crippen molar-refractivity contribution in [2.45, 2.75) is 6.54 Å². The molecule has 4 nitrogen and oxygen atoms in total. The van der Waals surface area contributed by atoms with Gasteiger partial charge < -0.3 is 14.8 Å². The molecule has 0 aliphatic heterocycles. The van der Waals surface area contributed by atoms with Crippen molar-refractivity contribution in [2.75, 3.05) is 19.5 Å². The fraction of sp³-hybridized carbons (Fsp3) is 0.188. The van der Waals surface area contributed by atoms with Crippen LogP contribution in [0.25, 0.3) is 0 Å². The van der Waals surface area contributed by atoms with Crippen LogP contribution in [0.4, 0.5) is 10.1 Å². The lowest BCUT2D eigenvalue weighted by atomic mass is 10.1. The molecule has 0 aliphatic carbocycles. The average Bonchev–Trinajstić information content (AvgIpc) is 2.53.